The predicted molar refractivity (Wildman–Crippen MR) is 61.0 cm³/mol. The molecule has 2 heterocycles. The maximum absolute atomic E-state index is 5.95. The van der Waals surface area contributed by atoms with Crippen LogP contribution in [0.15, 0.2) is 6.07 Å². The summed E-state index contributed by atoms with van der Waals surface area (Å²) in [6, 6.07) is 1.70. The highest BCUT2D eigenvalue weighted by molar-refractivity contribution is 5.57. The van der Waals surface area contributed by atoms with E-state index in [0.717, 1.165) is 6.42 Å². The van der Waals surface area contributed by atoms with E-state index in [1.54, 1.807) is 6.07 Å². The number of nitrogens with two attached hydrogens (primary N) is 1. The zero-order valence-electron chi connectivity index (χ0n) is 9.93. The minimum absolute atomic E-state index is 0.317. The number of anilines is 1. The molecule has 1 aromatic heterocycles. The van der Waals surface area contributed by atoms with Gasteiger partial charge in [0.25, 0.3) is 0 Å². The lowest BCUT2D eigenvalue weighted by Gasteiger charge is -2.25. The van der Waals surface area contributed by atoms with Crippen LogP contribution in [-0.4, -0.2) is 32.4 Å². The number of methoxy groups -OCH3 is 2. The molecule has 17 heavy (non-hydrogen) atoms. The Morgan fingerprint density at radius 2 is 2.00 bits per heavy atom. The van der Waals surface area contributed by atoms with Gasteiger partial charge in [0.05, 0.1) is 27.4 Å². The Labute approximate surface area is 99.6 Å². The molecule has 1 aliphatic rings. The standard InChI is InChI=1S/C11H16N2O4/c1-14-8-6-7(9(12)10(13-8)15-2)11-16-4-3-5-17-11/h6,11H,3-5,12H2,1-2H3. The normalized spacial score (nSPS) is 16.8. The van der Waals surface area contributed by atoms with Crippen molar-refractivity contribution in [3.63, 3.8) is 0 Å². The number of nitrogen functional groups attached to an aromatic ring is 1. The van der Waals surface area contributed by atoms with Crippen LogP contribution in [-0.2, 0) is 9.47 Å². The number of ether oxygens (including phenoxy) is 4. The van der Waals surface area contributed by atoms with Crippen molar-refractivity contribution in [3.8, 4) is 11.8 Å². The van der Waals surface area contributed by atoms with Crippen LogP contribution in [0.25, 0.3) is 0 Å². The molecule has 0 bridgehead atoms. The van der Waals surface area contributed by atoms with Gasteiger partial charge in [0.15, 0.2) is 6.29 Å². The maximum Gasteiger partial charge on any atom is 0.240 e. The summed E-state index contributed by atoms with van der Waals surface area (Å²) in [5, 5.41) is 0. The SMILES string of the molecule is COc1cc(C2OCCCO2)c(N)c(OC)n1. The first kappa shape index (κ1) is 11.9. The van der Waals surface area contributed by atoms with E-state index in [2.05, 4.69) is 4.98 Å². The van der Waals surface area contributed by atoms with E-state index in [0.29, 0.717) is 36.2 Å². The number of hydrogen-bond donors (Lipinski definition) is 1. The second-order valence-corrected chi connectivity index (χ2v) is 3.60. The second-order valence-electron chi connectivity index (χ2n) is 3.60. The van der Waals surface area contributed by atoms with Crippen LogP contribution in [0.4, 0.5) is 5.69 Å². The molecule has 0 radical (unpaired) electrons. The summed E-state index contributed by atoms with van der Waals surface area (Å²) in [7, 11) is 3.04. The van der Waals surface area contributed by atoms with Gasteiger partial charge in [-0.25, -0.2) is 0 Å². The lowest BCUT2D eigenvalue weighted by Crippen LogP contribution is -2.19. The minimum atomic E-state index is -0.477. The first-order valence-corrected chi connectivity index (χ1v) is 5.38. The molecule has 2 N–H and O–H groups in total. The van der Waals surface area contributed by atoms with Crippen molar-refractivity contribution in [1.82, 2.24) is 4.98 Å². The highest BCUT2D eigenvalue weighted by Gasteiger charge is 2.23. The van der Waals surface area contributed by atoms with Gasteiger partial charge in [0.1, 0.15) is 5.69 Å². The summed E-state index contributed by atoms with van der Waals surface area (Å²) in [5.41, 5.74) is 7.05. The number of hydrogen-bond acceptors (Lipinski definition) is 6. The molecule has 0 unspecified atom stereocenters. The molecule has 1 aromatic rings. The summed E-state index contributed by atoms with van der Waals surface area (Å²) in [6.45, 7) is 1.30. The maximum atomic E-state index is 5.95. The summed E-state index contributed by atoms with van der Waals surface area (Å²) >= 11 is 0. The van der Waals surface area contributed by atoms with Crippen LogP contribution in [0.1, 0.15) is 18.3 Å². The van der Waals surface area contributed by atoms with E-state index in [-0.39, 0.29) is 0 Å². The molecule has 1 saturated heterocycles. The second kappa shape index (κ2) is 5.20. The van der Waals surface area contributed by atoms with Crippen LogP contribution < -0.4 is 15.2 Å². The average Bonchev–Trinajstić information content (AvgIpc) is 2.40. The Balaban J connectivity index is 2.36. The van der Waals surface area contributed by atoms with Crippen molar-refractivity contribution in [3.05, 3.63) is 11.6 Å². The fourth-order valence-corrected chi connectivity index (χ4v) is 1.65. The zero-order chi connectivity index (χ0) is 12.3. The molecule has 0 atom stereocenters. The first-order chi connectivity index (χ1) is 8.26. The van der Waals surface area contributed by atoms with Crippen LogP contribution in [0.5, 0.6) is 11.8 Å². The molecule has 2 rings (SSSR count). The number of aromatic nitrogens is 1. The Kier molecular flexibility index (Phi) is 3.65. The molecule has 0 amide bonds. The Morgan fingerprint density at radius 3 is 2.59 bits per heavy atom. The van der Waals surface area contributed by atoms with Crippen molar-refractivity contribution in [1.29, 1.82) is 0 Å². The van der Waals surface area contributed by atoms with E-state index < -0.39 is 6.29 Å². The van der Waals surface area contributed by atoms with Gasteiger partial charge in [-0.05, 0) is 6.42 Å². The van der Waals surface area contributed by atoms with Gasteiger partial charge in [-0.2, -0.15) is 4.98 Å². The molecule has 0 saturated carbocycles. The van der Waals surface area contributed by atoms with E-state index in [1.165, 1.54) is 14.2 Å². The number of pyridine rings is 1. The van der Waals surface area contributed by atoms with Gasteiger partial charge >= 0.3 is 0 Å². The lowest BCUT2D eigenvalue weighted by molar-refractivity contribution is -0.182. The van der Waals surface area contributed by atoms with Gasteiger partial charge in [0, 0.05) is 11.6 Å². The molecule has 1 fully saturated rings. The van der Waals surface area contributed by atoms with Gasteiger partial charge in [-0.15, -0.1) is 0 Å². The Hall–Kier alpha value is -1.53. The molecule has 1 aliphatic heterocycles. The molecular formula is C11H16N2O4. The molecule has 94 valence electrons. The van der Waals surface area contributed by atoms with Gasteiger partial charge in [-0.3, -0.25) is 0 Å². The van der Waals surface area contributed by atoms with Crippen molar-refractivity contribution in [2.75, 3.05) is 33.2 Å². The average molecular weight is 240 g/mol. The fourth-order valence-electron chi connectivity index (χ4n) is 1.65. The zero-order valence-corrected chi connectivity index (χ0v) is 9.93. The van der Waals surface area contributed by atoms with Gasteiger partial charge in [0.2, 0.25) is 11.8 Å². The van der Waals surface area contributed by atoms with Crippen molar-refractivity contribution < 1.29 is 18.9 Å². The monoisotopic (exact) mass is 240 g/mol. The quantitative estimate of drug-likeness (QED) is 0.853. The highest BCUT2D eigenvalue weighted by Crippen LogP contribution is 2.34. The molecule has 0 aliphatic carbocycles. The first-order valence-electron chi connectivity index (χ1n) is 5.38. The van der Waals surface area contributed by atoms with Crippen LogP contribution in [0.3, 0.4) is 0 Å². The smallest absolute Gasteiger partial charge is 0.240 e. The highest BCUT2D eigenvalue weighted by atomic mass is 16.7. The van der Waals surface area contributed by atoms with Crippen molar-refractivity contribution in [2.24, 2.45) is 0 Å². The van der Waals surface area contributed by atoms with Gasteiger partial charge in [-0.1, -0.05) is 0 Å². The van der Waals surface area contributed by atoms with E-state index >= 15 is 0 Å². The number of rotatable bonds is 3. The molecule has 0 aromatic carbocycles. The summed E-state index contributed by atoms with van der Waals surface area (Å²) in [4.78, 5) is 4.08. The molecular weight excluding hydrogens is 224 g/mol. The summed E-state index contributed by atoms with van der Waals surface area (Å²) in [5.74, 6) is 0.737. The predicted octanol–water partition coefficient (Wildman–Crippen LogP) is 1.12. The number of nitrogens with zero attached hydrogens (tertiary/aromatic N) is 1. The lowest BCUT2D eigenvalue weighted by atomic mass is 10.2. The van der Waals surface area contributed by atoms with Crippen molar-refractivity contribution >= 4 is 5.69 Å². The molecule has 6 heteroatoms. The van der Waals surface area contributed by atoms with Crippen LogP contribution in [0, 0.1) is 0 Å². The minimum Gasteiger partial charge on any atom is -0.481 e. The van der Waals surface area contributed by atoms with E-state index in [9.17, 15) is 0 Å². The molecule has 0 spiro atoms. The third kappa shape index (κ3) is 2.42. The van der Waals surface area contributed by atoms with Crippen LogP contribution in [0.2, 0.25) is 0 Å². The van der Waals surface area contributed by atoms with Gasteiger partial charge < -0.3 is 24.7 Å². The topological polar surface area (TPSA) is 75.8 Å². The fraction of sp³-hybridized carbons (Fsp3) is 0.545. The third-order valence-electron chi connectivity index (χ3n) is 2.52. The summed E-state index contributed by atoms with van der Waals surface area (Å²) < 4.78 is 21.2. The Morgan fingerprint density at radius 1 is 1.29 bits per heavy atom. The largest absolute Gasteiger partial charge is 0.481 e. The summed E-state index contributed by atoms with van der Waals surface area (Å²) in [6.07, 6.45) is 0.407. The Bertz CT molecular complexity index is 391. The van der Waals surface area contributed by atoms with Crippen molar-refractivity contribution in [2.45, 2.75) is 12.7 Å². The molecule has 6 nitrogen and oxygen atoms in total. The van der Waals surface area contributed by atoms with E-state index in [4.69, 9.17) is 24.7 Å². The van der Waals surface area contributed by atoms with Crippen LogP contribution >= 0.6 is 0 Å². The van der Waals surface area contributed by atoms with E-state index in [1.807, 2.05) is 0 Å². The third-order valence-corrected chi connectivity index (χ3v) is 2.52.